The number of hydrogen-bond donors (Lipinski definition) is 1. The van der Waals surface area contributed by atoms with Gasteiger partial charge in [-0.05, 0) is 32.4 Å². The normalized spacial score (nSPS) is 10.6. The fourth-order valence-electron chi connectivity index (χ4n) is 1.36. The first-order chi connectivity index (χ1) is 4.48. The van der Waals surface area contributed by atoms with Gasteiger partial charge in [0, 0.05) is 28.0 Å². The van der Waals surface area contributed by atoms with E-state index in [4.69, 9.17) is 0 Å². The van der Waals surface area contributed by atoms with Gasteiger partial charge >= 0.3 is 0 Å². The molecule has 0 fully saturated rings. The third kappa shape index (κ3) is 8.13. The van der Waals surface area contributed by atoms with Crippen LogP contribution in [0.25, 0.3) is 0 Å². The van der Waals surface area contributed by atoms with E-state index >= 15 is 0 Å². The van der Waals surface area contributed by atoms with Crippen molar-refractivity contribution in [2.24, 2.45) is 5.92 Å². The van der Waals surface area contributed by atoms with Crippen LogP contribution in [-0.4, -0.2) is 5.54 Å². The molecule has 0 aromatic rings. The summed E-state index contributed by atoms with van der Waals surface area (Å²) in [6.45, 7) is 12.5. The summed E-state index contributed by atoms with van der Waals surface area (Å²) in [5.74, 6) is 0.738. The van der Waals surface area contributed by atoms with Crippen molar-refractivity contribution in [1.29, 1.82) is 0 Å². The molecule has 0 saturated heterocycles. The Morgan fingerprint density at radius 1 is 1.55 bits per heavy atom. The van der Waals surface area contributed by atoms with Crippen LogP contribution in [0.3, 0.4) is 0 Å². The Kier molecular flexibility index (Phi) is 7.30. The van der Waals surface area contributed by atoms with E-state index in [1.54, 1.807) is 6.20 Å². The summed E-state index contributed by atoms with van der Waals surface area (Å²) in [6, 6.07) is 0. The maximum absolute atomic E-state index is 3.64. The smallest absolute Gasteiger partial charge is 0.0314 e. The molecule has 0 heterocycles. The Labute approximate surface area is 86.4 Å². The predicted octanol–water partition coefficient (Wildman–Crippen LogP) is 2.79. The summed E-state index contributed by atoms with van der Waals surface area (Å²) >= 11 is 0. The van der Waals surface area contributed by atoms with Crippen LogP contribution in [0.4, 0.5) is 0 Å². The quantitative estimate of drug-likeness (QED) is 0.837. The molecule has 68 valence electrons. The van der Waals surface area contributed by atoms with Gasteiger partial charge in [-0.2, -0.15) is 0 Å². The van der Waals surface area contributed by atoms with Crippen LogP contribution in [0, 0.1) is 5.92 Å². The molecule has 0 amide bonds. The van der Waals surface area contributed by atoms with Crippen molar-refractivity contribution in [3.8, 4) is 0 Å². The minimum Gasteiger partial charge on any atom is -0.386 e. The van der Waals surface area contributed by atoms with E-state index < -0.39 is 0 Å². The van der Waals surface area contributed by atoms with Crippen molar-refractivity contribution in [3.63, 3.8) is 0 Å². The third-order valence-corrected chi connectivity index (χ3v) is 1.41. The molecule has 0 unspecified atom stereocenters. The summed E-state index contributed by atoms with van der Waals surface area (Å²) < 4.78 is 0. The fraction of sp³-hybridized carbons (Fsp3) is 0.778. The molecule has 0 aromatic carbocycles. The predicted molar refractivity (Wildman–Crippen MR) is 49.0 cm³/mol. The van der Waals surface area contributed by atoms with Gasteiger partial charge in [-0.1, -0.05) is 20.4 Å². The standard InChI is InChI=1S/C9H19N.W.H2/c1-6-10-9(4,5)7-8(2)3;;/h6,8,10H,1,7H2,2-5H3;;1H. The van der Waals surface area contributed by atoms with Gasteiger partial charge in [-0.25, -0.2) is 0 Å². The fourth-order valence-corrected chi connectivity index (χ4v) is 1.36. The van der Waals surface area contributed by atoms with Gasteiger partial charge in [0.1, 0.15) is 0 Å². The first-order valence-electron chi connectivity index (χ1n) is 3.86. The second-order valence-corrected chi connectivity index (χ2v) is 3.83. The molecule has 0 aliphatic rings. The van der Waals surface area contributed by atoms with Gasteiger partial charge in [0.05, 0.1) is 0 Å². The first kappa shape index (κ1) is 13.8. The van der Waals surface area contributed by atoms with Crippen LogP contribution < -0.4 is 5.32 Å². The molecule has 0 rings (SSSR count). The van der Waals surface area contributed by atoms with Crippen molar-refractivity contribution in [1.82, 2.24) is 5.32 Å². The minimum absolute atomic E-state index is 0. The molecular formula is C9H21NW. The van der Waals surface area contributed by atoms with Crippen molar-refractivity contribution in [3.05, 3.63) is 12.8 Å². The van der Waals surface area contributed by atoms with E-state index in [0.717, 1.165) is 5.92 Å². The first-order valence-corrected chi connectivity index (χ1v) is 3.86. The maximum atomic E-state index is 3.64. The molecule has 0 aliphatic carbocycles. The molecule has 2 heteroatoms. The molecule has 0 atom stereocenters. The summed E-state index contributed by atoms with van der Waals surface area (Å²) in [5.41, 5.74) is 0.204. The van der Waals surface area contributed by atoms with E-state index in [0.29, 0.717) is 0 Å². The van der Waals surface area contributed by atoms with Gasteiger partial charge in [-0.3, -0.25) is 0 Å². The van der Waals surface area contributed by atoms with Crippen LogP contribution in [0.2, 0.25) is 0 Å². The van der Waals surface area contributed by atoms with Crippen LogP contribution in [-0.2, 0) is 21.1 Å². The second kappa shape index (κ2) is 5.83. The molecule has 0 bridgehead atoms. The summed E-state index contributed by atoms with van der Waals surface area (Å²) in [5, 5.41) is 3.22. The number of rotatable bonds is 4. The Morgan fingerprint density at radius 2 is 2.00 bits per heavy atom. The number of hydrogen-bond acceptors (Lipinski definition) is 1. The zero-order chi connectivity index (χ0) is 8.20. The topological polar surface area (TPSA) is 12.0 Å². The molecule has 0 aliphatic heterocycles. The van der Waals surface area contributed by atoms with E-state index in [2.05, 4.69) is 39.6 Å². The van der Waals surface area contributed by atoms with Crippen LogP contribution in [0.5, 0.6) is 0 Å². The van der Waals surface area contributed by atoms with E-state index in [9.17, 15) is 0 Å². The Bertz CT molecular complexity index is 113. The summed E-state index contributed by atoms with van der Waals surface area (Å²) in [7, 11) is 0. The second-order valence-electron chi connectivity index (χ2n) is 3.83. The molecule has 0 aromatic heterocycles. The maximum Gasteiger partial charge on any atom is 0.0314 e. The van der Waals surface area contributed by atoms with Gasteiger partial charge < -0.3 is 5.32 Å². The third-order valence-electron chi connectivity index (χ3n) is 1.41. The van der Waals surface area contributed by atoms with E-state index in [-0.39, 0.29) is 28.0 Å². The van der Waals surface area contributed by atoms with Gasteiger partial charge in [-0.15, -0.1) is 0 Å². The Balaban J connectivity index is -0.000000405. The van der Waals surface area contributed by atoms with Crippen molar-refractivity contribution in [2.45, 2.75) is 39.7 Å². The van der Waals surface area contributed by atoms with E-state index in [1.807, 2.05) is 0 Å². The van der Waals surface area contributed by atoms with Crippen LogP contribution in [0.1, 0.15) is 35.5 Å². The van der Waals surface area contributed by atoms with Gasteiger partial charge in [0.15, 0.2) is 0 Å². The Hall–Kier alpha value is 0.228. The molecule has 1 N–H and O–H groups in total. The summed E-state index contributed by atoms with van der Waals surface area (Å²) in [6.07, 6.45) is 2.95. The molecular weight excluding hydrogens is 306 g/mol. The van der Waals surface area contributed by atoms with Gasteiger partial charge in [0.2, 0.25) is 0 Å². The largest absolute Gasteiger partial charge is 0.386 e. The van der Waals surface area contributed by atoms with Crippen molar-refractivity contribution < 1.29 is 22.5 Å². The van der Waals surface area contributed by atoms with Crippen molar-refractivity contribution >= 4 is 0 Å². The zero-order valence-electron chi connectivity index (χ0n) is 7.98. The molecule has 0 spiro atoms. The average molecular weight is 327 g/mol. The molecule has 0 saturated carbocycles. The molecule has 11 heavy (non-hydrogen) atoms. The van der Waals surface area contributed by atoms with Gasteiger partial charge in [0.25, 0.3) is 0 Å². The number of nitrogens with one attached hydrogen (secondary N) is 1. The average Bonchev–Trinajstić information content (AvgIpc) is 1.59. The van der Waals surface area contributed by atoms with Crippen LogP contribution >= 0.6 is 0 Å². The molecule has 0 radical (unpaired) electrons. The van der Waals surface area contributed by atoms with E-state index in [1.165, 1.54) is 6.42 Å². The van der Waals surface area contributed by atoms with Crippen molar-refractivity contribution in [2.75, 3.05) is 0 Å². The minimum atomic E-state index is 0. The monoisotopic (exact) mass is 327 g/mol. The SMILES string of the molecule is C=CNC(C)(C)CC(C)C.[HH].[W]. The molecule has 1 nitrogen and oxygen atoms in total. The van der Waals surface area contributed by atoms with Crippen LogP contribution in [0.15, 0.2) is 12.8 Å². The zero-order valence-corrected chi connectivity index (χ0v) is 10.9. The summed E-state index contributed by atoms with van der Waals surface area (Å²) in [4.78, 5) is 0. The Morgan fingerprint density at radius 3 is 2.27 bits per heavy atom.